The van der Waals surface area contributed by atoms with Gasteiger partial charge in [-0.2, -0.15) is 0 Å². The van der Waals surface area contributed by atoms with E-state index in [1.165, 1.54) is 5.56 Å². The van der Waals surface area contributed by atoms with Gasteiger partial charge in [0.25, 0.3) is 0 Å². The molecule has 0 saturated heterocycles. The van der Waals surface area contributed by atoms with Gasteiger partial charge in [-0.1, -0.05) is 25.0 Å². The predicted molar refractivity (Wildman–Crippen MR) is 99.6 cm³/mol. The Labute approximate surface area is 151 Å². The Morgan fingerprint density at radius 3 is 2.48 bits per heavy atom. The molecular formula is C19H29NO4S. The molecule has 0 spiro atoms. The van der Waals surface area contributed by atoms with Gasteiger partial charge in [0.1, 0.15) is 5.75 Å². The number of ether oxygens (including phenoxy) is 1. The lowest BCUT2D eigenvalue weighted by atomic mass is 10.1. The molecule has 0 unspecified atom stereocenters. The second-order valence-corrected chi connectivity index (χ2v) is 9.28. The number of methoxy groups -OCH3 is 1. The highest BCUT2D eigenvalue weighted by Crippen LogP contribution is 2.25. The monoisotopic (exact) mass is 367 g/mol. The largest absolute Gasteiger partial charge is 0.497 e. The van der Waals surface area contributed by atoms with Gasteiger partial charge in [-0.25, -0.2) is 8.42 Å². The molecule has 1 aromatic rings. The van der Waals surface area contributed by atoms with Crippen molar-refractivity contribution < 1.29 is 17.9 Å². The van der Waals surface area contributed by atoms with Crippen LogP contribution in [0.2, 0.25) is 0 Å². The molecule has 1 aromatic carbocycles. The normalized spacial score (nSPS) is 16.6. The van der Waals surface area contributed by atoms with Gasteiger partial charge in [-0.15, -0.1) is 0 Å². The summed E-state index contributed by atoms with van der Waals surface area (Å²) in [6.07, 6.45) is 5.20. The molecule has 140 valence electrons. The van der Waals surface area contributed by atoms with Crippen LogP contribution in [0.1, 0.15) is 51.0 Å². The van der Waals surface area contributed by atoms with Gasteiger partial charge in [0.05, 0.1) is 18.1 Å². The number of carbonyl (C=O) groups excluding carboxylic acids is 1. The minimum Gasteiger partial charge on any atom is -0.497 e. The fourth-order valence-electron chi connectivity index (χ4n) is 3.24. The van der Waals surface area contributed by atoms with Gasteiger partial charge in [0.2, 0.25) is 5.91 Å². The highest BCUT2D eigenvalue weighted by molar-refractivity contribution is 7.92. The molecule has 25 heavy (non-hydrogen) atoms. The number of nitrogens with one attached hydrogen (secondary N) is 1. The average molecular weight is 368 g/mol. The van der Waals surface area contributed by atoms with Crippen molar-refractivity contribution in [3.63, 3.8) is 0 Å². The lowest BCUT2D eigenvalue weighted by Gasteiger charge is -2.15. The first-order valence-corrected chi connectivity index (χ1v) is 10.8. The first kappa shape index (κ1) is 19.8. The van der Waals surface area contributed by atoms with Gasteiger partial charge in [-0.05, 0) is 50.3 Å². The number of hydrogen-bond acceptors (Lipinski definition) is 4. The third kappa shape index (κ3) is 6.34. The molecule has 0 aliphatic heterocycles. The van der Waals surface area contributed by atoms with Crippen LogP contribution >= 0.6 is 0 Å². The number of hydrogen-bond donors (Lipinski definition) is 1. The van der Waals surface area contributed by atoms with Crippen LogP contribution in [0.5, 0.6) is 5.75 Å². The molecule has 0 bridgehead atoms. The van der Waals surface area contributed by atoms with E-state index in [0.29, 0.717) is 0 Å². The van der Waals surface area contributed by atoms with Gasteiger partial charge in [-0.3, -0.25) is 4.79 Å². The zero-order chi connectivity index (χ0) is 18.3. The predicted octanol–water partition coefficient (Wildman–Crippen LogP) is 2.88. The number of aryl methyl sites for hydroxylation is 1. The van der Waals surface area contributed by atoms with Crippen molar-refractivity contribution in [1.82, 2.24) is 5.32 Å². The topological polar surface area (TPSA) is 72.5 Å². The van der Waals surface area contributed by atoms with Crippen LogP contribution in [0, 0.1) is 0 Å². The Hall–Kier alpha value is -1.56. The van der Waals surface area contributed by atoms with Crippen molar-refractivity contribution >= 4 is 15.7 Å². The molecular weight excluding hydrogens is 338 g/mol. The maximum absolute atomic E-state index is 12.2. The van der Waals surface area contributed by atoms with Gasteiger partial charge < -0.3 is 10.1 Å². The summed E-state index contributed by atoms with van der Waals surface area (Å²) in [6, 6.07) is 7.89. The average Bonchev–Trinajstić information content (AvgIpc) is 3.14. The van der Waals surface area contributed by atoms with Crippen molar-refractivity contribution in [3.05, 3.63) is 29.8 Å². The van der Waals surface area contributed by atoms with E-state index in [2.05, 4.69) is 5.32 Å². The lowest BCUT2D eigenvalue weighted by Crippen LogP contribution is -2.34. The van der Waals surface area contributed by atoms with Crippen LogP contribution in [0.3, 0.4) is 0 Å². The molecule has 1 fully saturated rings. The summed E-state index contributed by atoms with van der Waals surface area (Å²) >= 11 is 0. The number of carbonyl (C=O) groups is 1. The molecule has 0 radical (unpaired) electrons. The van der Waals surface area contributed by atoms with E-state index in [1.54, 1.807) is 7.11 Å². The first-order valence-electron chi connectivity index (χ1n) is 9.04. The van der Waals surface area contributed by atoms with Crippen LogP contribution in [-0.2, 0) is 21.1 Å². The Bertz CT molecular complexity index is 649. The van der Waals surface area contributed by atoms with E-state index in [1.807, 2.05) is 31.2 Å². The summed E-state index contributed by atoms with van der Waals surface area (Å²) in [5.74, 6) is 0.617. The third-order valence-electron chi connectivity index (χ3n) is 4.86. The molecule has 0 aromatic heterocycles. The minimum absolute atomic E-state index is 0.0174. The fraction of sp³-hybridized carbons (Fsp3) is 0.632. The van der Waals surface area contributed by atoms with Gasteiger partial charge in [0.15, 0.2) is 9.84 Å². The number of benzene rings is 1. The van der Waals surface area contributed by atoms with Crippen molar-refractivity contribution in [3.8, 4) is 5.75 Å². The second kappa shape index (κ2) is 9.22. The van der Waals surface area contributed by atoms with Crippen LogP contribution in [0.4, 0.5) is 0 Å². The van der Waals surface area contributed by atoms with Crippen LogP contribution < -0.4 is 10.1 Å². The molecule has 1 saturated carbocycles. The molecule has 5 nitrogen and oxygen atoms in total. The molecule has 1 N–H and O–H groups in total. The van der Waals surface area contributed by atoms with E-state index in [-0.39, 0.29) is 29.4 Å². The highest BCUT2D eigenvalue weighted by atomic mass is 32.2. The Balaban J connectivity index is 1.70. The van der Waals surface area contributed by atoms with E-state index in [4.69, 9.17) is 4.74 Å². The summed E-state index contributed by atoms with van der Waals surface area (Å²) in [4.78, 5) is 12.0. The number of amides is 1. The van der Waals surface area contributed by atoms with Crippen molar-refractivity contribution in [2.45, 2.75) is 63.2 Å². The van der Waals surface area contributed by atoms with Crippen molar-refractivity contribution in [2.75, 3.05) is 12.9 Å². The Kier molecular flexibility index (Phi) is 7.29. The smallest absolute Gasteiger partial charge is 0.221 e. The molecule has 0 heterocycles. The zero-order valence-corrected chi connectivity index (χ0v) is 16.0. The third-order valence-corrected chi connectivity index (χ3v) is 7.12. The van der Waals surface area contributed by atoms with Crippen molar-refractivity contribution in [1.29, 1.82) is 0 Å². The summed E-state index contributed by atoms with van der Waals surface area (Å²) in [5, 5.41) is 2.68. The fourth-order valence-corrected chi connectivity index (χ4v) is 5.10. The number of sulfone groups is 1. The maximum atomic E-state index is 12.2. The standard InChI is InChI=1S/C19H29NO4S/c1-15(7-8-16-9-11-17(24-2)12-10-16)20-19(21)13-14-25(22,23)18-5-3-4-6-18/h9-12,15,18H,3-8,13-14H2,1-2H3,(H,20,21)/t15-/m0/s1. The van der Waals surface area contributed by atoms with Crippen molar-refractivity contribution in [2.24, 2.45) is 0 Å². The van der Waals surface area contributed by atoms with E-state index in [9.17, 15) is 13.2 Å². The van der Waals surface area contributed by atoms with Gasteiger partial charge in [0, 0.05) is 12.5 Å². The summed E-state index contributed by atoms with van der Waals surface area (Å²) in [7, 11) is -1.49. The second-order valence-electron chi connectivity index (χ2n) is 6.88. The molecule has 2 rings (SSSR count). The van der Waals surface area contributed by atoms with Crippen LogP contribution in [-0.4, -0.2) is 38.5 Å². The molecule has 6 heteroatoms. The van der Waals surface area contributed by atoms with E-state index >= 15 is 0 Å². The minimum atomic E-state index is -3.13. The molecule has 1 aliphatic rings. The van der Waals surface area contributed by atoms with E-state index < -0.39 is 9.84 Å². The quantitative estimate of drug-likeness (QED) is 0.728. The lowest BCUT2D eigenvalue weighted by molar-refractivity contribution is -0.121. The molecule has 1 aliphatic carbocycles. The summed E-state index contributed by atoms with van der Waals surface area (Å²) < 4.78 is 29.5. The van der Waals surface area contributed by atoms with Gasteiger partial charge >= 0.3 is 0 Å². The summed E-state index contributed by atoms with van der Waals surface area (Å²) in [5.41, 5.74) is 1.19. The van der Waals surface area contributed by atoms with E-state index in [0.717, 1.165) is 44.3 Å². The summed E-state index contributed by atoms with van der Waals surface area (Å²) in [6.45, 7) is 1.95. The maximum Gasteiger partial charge on any atom is 0.221 e. The number of rotatable bonds is 9. The Morgan fingerprint density at radius 2 is 1.88 bits per heavy atom. The molecule has 1 atom stereocenters. The zero-order valence-electron chi connectivity index (χ0n) is 15.2. The van der Waals surface area contributed by atoms with Crippen LogP contribution in [0.25, 0.3) is 0 Å². The van der Waals surface area contributed by atoms with Crippen LogP contribution in [0.15, 0.2) is 24.3 Å². The first-order chi connectivity index (χ1) is 11.9. The molecule has 1 amide bonds. The Morgan fingerprint density at radius 1 is 1.24 bits per heavy atom. The highest BCUT2D eigenvalue weighted by Gasteiger charge is 2.28. The SMILES string of the molecule is COc1ccc(CC[C@H](C)NC(=O)CCS(=O)(=O)C2CCCC2)cc1.